The second-order valence-corrected chi connectivity index (χ2v) is 7.58. The van der Waals surface area contributed by atoms with Gasteiger partial charge in [-0.15, -0.1) is 0 Å². The number of hydrogen-bond donors (Lipinski definition) is 2. The summed E-state index contributed by atoms with van der Waals surface area (Å²) in [4.78, 5) is 20.7. The Morgan fingerprint density at radius 3 is 2.31 bits per heavy atom. The normalized spacial score (nSPS) is 10.3. The smallest absolute Gasteiger partial charge is 0.290 e. The lowest BCUT2D eigenvalue weighted by Gasteiger charge is -2.18. The Balaban J connectivity index is 0.00000105. The van der Waals surface area contributed by atoms with Crippen LogP contribution in [0.25, 0.3) is 0 Å². The summed E-state index contributed by atoms with van der Waals surface area (Å²) in [6, 6.07) is 14.6. The fraction of sp³-hybridized carbons (Fsp3) is 0.222. The summed E-state index contributed by atoms with van der Waals surface area (Å²) in [5, 5.41) is 9.73. The molecule has 0 atom stereocenters. The van der Waals surface area contributed by atoms with Gasteiger partial charge in [-0.3, -0.25) is 13.9 Å². The van der Waals surface area contributed by atoms with Crippen molar-refractivity contribution in [2.75, 3.05) is 17.6 Å². The SMILES string of the molecule is Cc1cc(C(=O)NCc2ccccc2)cc(N(C)S(C)(=O)=O)c1.O=CO. The van der Waals surface area contributed by atoms with Gasteiger partial charge in [0.15, 0.2) is 0 Å². The van der Waals surface area contributed by atoms with Crippen LogP contribution in [0.4, 0.5) is 5.69 Å². The van der Waals surface area contributed by atoms with E-state index in [0.29, 0.717) is 17.8 Å². The van der Waals surface area contributed by atoms with E-state index in [1.165, 1.54) is 7.05 Å². The zero-order valence-electron chi connectivity index (χ0n) is 14.8. The highest BCUT2D eigenvalue weighted by atomic mass is 32.2. The minimum atomic E-state index is -3.37. The summed E-state index contributed by atoms with van der Waals surface area (Å²) in [6.07, 6.45) is 1.13. The molecule has 2 N–H and O–H groups in total. The van der Waals surface area contributed by atoms with Crippen molar-refractivity contribution in [3.63, 3.8) is 0 Å². The predicted molar refractivity (Wildman–Crippen MR) is 101 cm³/mol. The quantitative estimate of drug-likeness (QED) is 0.775. The maximum atomic E-state index is 12.3. The number of carboxylic acid groups (broad SMARTS) is 1. The minimum Gasteiger partial charge on any atom is -0.483 e. The molecule has 1 amide bonds. The third kappa shape index (κ3) is 6.56. The monoisotopic (exact) mass is 378 g/mol. The summed E-state index contributed by atoms with van der Waals surface area (Å²) in [5.74, 6) is -0.235. The third-order valence-corrected chi connectivity index (χ3v) is 4.69. The molecule has 2 rings (SSSR count). The molecule has 0 aliphatic rings. The van der Waals surface area contributed by atoms with Crippen molar-refractivity contribution in [2.24, 2.45) is 0 Å². The van der Waals surface area contributed by atoms with Crippen LogP contribution in [-0.2, 0) is 21.4 Å². The second kappa shape index (κ2) is 9.57. The highest BCUT2D eigenvalue weighted by molar-refractivity contribution is 7.92. The van der Waals surface area contributed by atoms with Gasteiger partial charge in [-0.25, -0.2) is 8.42 Å². The Bertz CT molecular complexity index is 851. The zero-order chi connectivity index (χ0) is 19.7. The van der Waals surface area contributed by atoms with Gasteiger partial charge in [0.1, 0.15) is 0 Å². The maximum absolute atomic E-state index is 12.3. The molecule has 0 aliphatic heterocycles. The van der Waals surface area contributed by atoms with Gasteiger partial charge in [0.05, 0.1) is 11.9 Å². The van der Waals surface area contributed by atoms with Gasteiger partial charge in [0, 0.05) is 19.2 Å². The van der Waals surface area contributed by atoms with Crippen LogP contribution < -0.4 is 9.62 Å². The average Bonchev–Trinajstić information content (AvgIpc) is 2.59. The number of carbonyl (C=O) groups excluding carboxylic acids is 1. The zero-order valence-corrected chi connectivity index (χ0v) is 15.7. The highest BCUT2D eigenvalue weighted by Crippen LogP contribution is 2.20. The van der Waals surface area contributed by atoms with Crippen LogP contribution in [0.5, 0.6) is 0 Å². The molecule has 0 heterocycles. The highest BCUT2D eigenvalue weighted by Gasteiger charge is 2.15. The van der Waals surface area contributed by atoms with Crippen LogP contribution in [0, 0.1) is 6.92 Å². The Morgan fingerprint density at radius 1 is 1.19 bits per heavy atom. The molecule has 0 saturated heterocycles. The Morgan fingerprint density at radius 2 is 1.77 bits per heavy atom. The Hall–Kier alpha value is -2.87. The number of benzene rings is 2. The first-order valence-electron chi connectivity index (χ1n) is 7.64. The number of nitrogens with one attached hydrogen (secondary N) is 1. The van der Waals surface area contributed by atoms with E-state index >= 15 is 0 Å². The van der Waals surface area contributed by atoms with Crippen molar-refractivity contribution in [1.82, 2.24) is 5.32 Å². The lowest BCUT2D eigenvalue weighted by Crippen LogP contribution is -2.26. The molecular formula is C18H22N2O5S. The molecule has 26 heavy (non-hydrogen) atoms. The fourth-order valence-corrected chi connectivity index (χ4v) is 2.64. The average molecular weight is 378 g/mol. The predicted octanol–water partition coefficient (Wildman–Crippen LogP) is 2.02. The van der Waals surface area contributed by atoms with Crippen molar-refractivity contribution in [1.29, 1.82) is 0 Å². The van der Waals surface area contributed by atoms with E-state index in [-0.39, 0.29) is 12.4 Å². The molecule has 7 nitrogen and oxygen atoms in total. The first kappa shape index (κ1) is 21.2. The molecule has 0 bridgehead atoms. The van der Waals surface area contributed by atoms with Crippen molar-refractivity contribution in [3.05, 3.63) is 65.2 Å². The molecular weight excluding hydrogens is 356 g/mol. The van der Waals surface area contributed by atoms with Gasteiger partial charge in [-0.1, -0.05) is 30.3 Å². The number of rotatable bonds is 5. The van der Waals surface area contributed by atoms with E-state index in [1.807, 2.05) is 37.3 Å². The van der Waals surface area contributed by atoms with Crippen LogP contribution >= 0.6 is 0 Å². The molecule has 2 aromatic carbocycles. The third-order valence-electron chi connectivity index (χ3n) is 3.48. The number of aryl methyl sites for hydroxylation is 1. The fourth-order valence-electron chi connectivity index (χ4n) is 2.15. The molecule has 0 unspecified atom stereocenters. The Kier molecular flexibility index (Phi) is 7.79. The number of carbonyl (C=O) groups is 2. The van der Waals surface area contributed by atoms with Gasteiger partial charge < -0.3 is 10.4 Å². The van der Waals surface area contributed by atoms with Gasteiger partial charge in [0.2, 0.25) is 10.0 Å². The van der Waals surface area contributed by atoms with E-state index in [4.69, 9.17) is 9.90 Å². The summed E-state index contributed by atoms with van der Waals surface area (Å²) < 4.78 is 24.5. The maximum Gasteiger partial charge on any atom is 0.290 e. The molecule has 2 aromatic rings. The molecule has 0 aromatic heterocycles. The number of hydrogen-bond acceptors (Lipinski definition) is 4. The van der Waals surface area contributed by atoms with E-state index < -0.39 is 10.0 Å². The molecule has 140 valence electrons. The van der Waals surface area contributed by atoms with E-state index in [9.17, 15) is 13.2 Å². The number of sulfonamides is 1. The summed E-state index contributed by atoms with van der Waals surface area (Å²) in [5.41, 5.74) is 2.73. The van der Waals surface area contributed by atoms with Crippen LogP contribution in [0.3, 0.4) is 0 Å². The molecule has 0 fully saturated rings. The number of anilines is 1. The lowest BCUT2D eigenvalue weighted by atomic mass is 10.1. The van der Waals surface area contributed by atoms with Gasteiger partial charge in [-0.2, -0.15) is 0 Å². The van der Waals surface area contributed by atoms with Crippen LogP contribution in [0.2, 0.25) is 0 Å². The summed E-state index contributed by atoms with van der Waals surface area (Å²) in [6.45, 7) is 2.00. The number of amides is 1. The molecule has 0 radical (unpaired) electrons. The standard InChI is InChI=1S/C17H20N2O3S.CH2O2/c1-13-9-15(11-16(10-13)19(2)23(3,21)22)17(20)18-12-14-7-5-4-6-8-14;2-1-3/h4-11H,12H2,1-3H3,(H,18,20);1H,(H,2,3). The summed E-state index contributed by atoms with van der Waals surface area (Å²) in [7, 11) is -1.90. The van der Waals surface area contributed by atoms with Crippen LogP contribution in [0.15, 0.2) is 48.5 Å². The topological polar surface area (TPSA) is 104 Å². The van der Waals surface area contributed by atoms with Crippen molar-refractivity contribution < 1.29 is 23.1 Å². The van der Waals surface area contributed by atoms with E-state index in [0.717, 1.165) is 21.7 Å². The van der Waals surface area contributed by atoms with Crippen LogP contribution in [0.1, 0.15) is 21.5 Å². The van der Waals surface area contributed by atoms with E-state index in [2.05, 4.69) is 5.32 Å². The van der Waals surface area contributed by atoms with Crippen molar-refractivity contribution in [3.8, 4) is 0 Å². The first-order chi connectivity index (χ1) is 12.2. The van der Waals surface area contributed by atoms with Crippen LogP contribution in [-0.4, -0.2) is 39.2 Å². The molecule has 0 spiro atoms. The summed E-state index contributed by atoms with van der Waals surface area (Å²) >= 11 is 0. The minimum absolute atomic E-state index is 0.235. The molecule has 0 aliphatic carbocycles. The van der Waals surface area contributed by atoms with Gasteiger partial charge in [0.25, 0.3) is 12.4 Å². The van der Waals surface area contributed by atoms with Gasteiger partial charge >= 0.3 is 0 Å². The lowest BCUT2D eigenvalue weighted by molar-refractivity contribution is -0.122. The number of nitrogens with zero attached hydrogens (tertiary/aromatic N) is 1. The van der Waals surface area contributed by atoms with Gasteiger partial charge in [-0.05, 0) is 36.2 Å². The van der Waals surface area contributed by atoms with Crippen molar-refractivity contribution >= 4 is 28.1 Å². The van der Waals surface area contributed by atoms with E-state index in [1.54, 1.807) is 18.2 Å². The Labute approximate surface area is 153 Å². The second-order valence-electron chi connectivity index (χ2n) is 5.56. The molecule has 0 saturated carbocycles. The molecule has 8 heteroatoms. The van der Waals surface area contributed by atoms with Crippen molar-refractivity contribution in [2.45, 2.75) is 13.5 Å². The largest absolute Gasteiger partial charge is 0.483 e. The first-order valence-corrected chi connectivity index (χ1v) is 9.49.